The Bertz CT molecular complexity index is 445. The van der Waals surface area contributed by atoms with Crippen LogP contribution in [-0.4, -0.2) is 86.6 Å². The molecule has 0 aromatic carbocycles. The molecular formula is C15H25N3O3S. The van der Waals surface area contributed by atoms with Gasteiger partial charge in [-0.1, -0.05) is 0 Å². The summed E-state index contributed by atoms with van der Waals surface area (Å²) >= 11 is 1.72. The van der Waals surface area contributed by atoms with Crippen molar-refractivity contribution in [1.82, 2.24) is 14.8 Å². The van der Waals surface area contributed by atoms with Gasteiger partial charge in [0.05, 0.1) is 33.0 Å². The molecule has 3 heterocycles. The van der Waals surface area contributed by atoms with Gasteiger partial charge in [0.25, 0.3) is 0 Å². The van der Waals surface area contributed by atoms with E-state index >= 15 is 0 Å². The highest BCUT2D eigenvalue weighted by atomic mass is 32.1. The van der Waals surface area contributed by atoms with Crippen LogP contribution in [0.25, 0.3) is 0 Å². The van der Waals surface area contributed by atoms with Crippen LogP contribution in [0.4, 0.5) is 0 Å². The molecule has 1 spiro atoms. The Balaban J connectivity index is 1.62. The number of morpholine rings is 1. The van der Waals surface area contributed by atoms with E-state index in [9.17, 15) is 0 Å². The van der Waals surface area contributed by atoms with Crippen molar-refractivity contribution >= 4 is 11.3 Å². The summed E-state index contributed by atoms with van der Waals surface area (Å²) < 4.78 is 17.2. The van der Waals surface area contributed by atoms with E-state index in [0.29, 0.717) is 6.61 Å². The van der Waals surface area contributed by atoms with Gasteiger partial charge in [-0.2, -0.15) is 0 Å². The first-order valence-electron chi connectivity index (χ1n) is 7.83. The second-order valence-electron chi connectivity index (χ2n) is 5.99. The highest BCUT2D eigenvalue weighted by Gasteiger charge is 2.40. The molecule has 22 heavy (non-hydrogen) atoms. The average molecular weight is 327 g/mol. The van der Waals surface area contributed by atoms with Crippen LogP contribution in [0.3, 0.4) is 0 Å². The van der Waals surface area contributed by atoms with Gasteiger partial charge in [-0.15, -0.1) is 11.3 Å². The zero-order valence-electron chi connectivity index (χ0n) is 13.2. The largest absolute Gasteiger partial charge is 0.383 e. The quantitative estimate of drug-likeness (QED) is 0.793. The molecule has 3 rings (SSSR count). The maximum atomic E-state index is 6.18. The van der Waals surface area contributed by atoms with Gasteiger partial charge in [-0.25, -0.2) is 4.98 Å². The molecule has 1 aromatic heterocycles. The lowest BCUT2D eigenvalue weighted by atomic mass is 10.0. The first kappa shape index (κ1) is 16.3. The van der Waals surface area contributed by atoms with Crippen molar-refractivity contribution in [3.63, 3.8) is 0 Å². The fourth-order valence-corrected chi connectivity index (χ4v) is 3.82. The van der Waals surface area contributed by atoms with Crippen molar-refractivity contribution in [1.29, 1.82) is 0 Å². The summed E-state index contributed by atoms with van der Waals surface area (Å²) in [7, 11) is 1.75. The molecule has 7 heteroatoms. The maximum absolute atomic E-state index is 6.18. The summed E-state index contributed by atoms with van der Waals surface area (Å²) in [6.45, 7) is 8.48. The molecule has 1 aromatic rings. The van der Waals surface area contributed by atoms with Gasteiger partial charge in [0.15, 0.2) is 0 Å². The number of hydrogen-bond donors (Lipinski definition) is 0. The molecule has 2 aliphatic heterocycles. The molecule has 0 amide bonds. The molecule has 2 aliphatic rings. The van der Waals surface area contributed by atoms with Crippen LogP contribution >= 0.6 is 11.3 Å². The van der Waals surface area contributed by atoms with Crippen molar-refractivity contribution in [2.24, 2.45) is 0 Å². The van der Waals surface area contributed by atoms with E-state index in [1.807, 2.05) is 11.6 Å². The number of methoxy groups -OCH3 is 1. The van der Waals surface area contributed by atoms with Gasteiger partial charge in [0.1, 0.15) is 10.6 Å². The molecule has 0 N–H and O–H groups in total. The smallest absolute Gasteiger partial charge is 0.117 e. The lowest BCUT2D eigenvalue weighted by Crippen LogP contribution is -2.58. The van der Waals surface area contributed by atoms with E-state index in [2.05, 4.69) is 14.8 Å². The van der Waals surface area contributed by atoms with E-state index in [1.54, 1.807) is 18.4 Å². The number of hydrogen-bond acceptors (Lipinski definition) is 7. The molecule has 124 valence electrons. The summed E-state index contributed by atoms with van der Waals surface area (Å²) in [5, 5.41) is 3.20. The Morgan fingerprint density at radius 1 is 1.32 bits per heavy atom. The monoisotopic (exact) mass is 327 g/mol. The minimum atomic E-state index is -0.222. The van der Waals surface area contributed by atoms with Crippen molar-refractivity contribution < 1.29 is 14.2 Å². The predicted octanol–water partition coefficient (Wildman–Crippen LogP) is 0.693. The minimum Gasteiger partial charge on any atom is -0.383 e. The van der Waals surface area contributed by atoms with Gasteiger partial charge >= 0.3 is 0 Å². The van der Waals surface area contributed by atoms with E-state index < -0.39 is 0 Å². The third-order valence-electron chi connectivity index (χ3n) is 4.21. The summed E-state index contributed by atoms with van der Waals surface area (Å²) in [6.07, 6.45) is 1.87. The number of aromatic nitrogens is 1. The van der Waals surface area contributed by atoms with E-state index in [4.69, 9.17) is 14.2 Å². The van der Waals surface area contributed by atoms with Gasteiger partial charge in [-0.05, 0) is 0 Å². The van der Waals surface area contributed by atoms with E-state index in [1.165, 1.54) is 5.01 Å². The molecule has 1 unspecified atom stereocenters. The number of ether oxygens (including phenoxy) is 3. The number of nitrogens with zero attached hydrogens (tertiary/aromatic N) is 3. The molecule has 0 aliphatic carbocycles. The van der Waals surface area contributed by atoms with Crippen LogP contribution in [0.15, 0.2) is 11.6 Å². The van der Waals surface area contributed by atoms with Crippen LogP contribution in [0.1, 0.15) is 5.01 Å². The van der Waals surface area contributed by atoms with E-state index in [0.717, 1.165) is 59.1 Å². The second-order valence-corrected chi connectivity index (χ2v) is 6.97. The third kappa shape index (κ3) is 4.24. The fourth-order valence-electron chi connectivity index (χ4n) is 3.16. The van der Waals surface area contributed by atoms with Crippen LogP contribution in [-0.2, 0) is 20.8 Å². The van der Waals surface area contributed by atoms with Crippen molar-refractivity contribution in [3.05, 3.63) is 16.6 Å². The molecule has 2 fully saturated rings. The molecule has 1 atom stereocenters. The minimum absolute atomic E-state index is 0.222. The van der Waals surface area contributed by atoms with Gasteiger partial charge in [0, 0.05) is 51.4 Å². The first-order chi connectivity index (χ1) is 10.8. The zero-order chi connectivity index (χ0) is 15.3. The van der Waals surface area contributed by atoms with Gasteiger partial charge in [-0.3, -0.25) is 9.80 Å². The predicted molar refractivity (Wildman–Crippen MR) is 85.2 cm³/mol. The summed E-state index contributed by atoms with van der Waals surface area (Å²) in [6, 6.07) is 0. The van der Waals surface area contributed by atoms with Gasteiger partial charge in [0.2, 0.25) is 0 Å². The topological polar surface area (TPSA) is 47.1 Å². The third-order valence-corrected chi connectivity index (χ3v) is 4.97. The lowest BCUT2D eigenvalue weighted by molar-refractivity contribution is -0.143. The Hall–Kier alpha value is -0.570. The Morgan fingerprint density at radius 2 is 2.18 bits per heavy atom. The molecule has 0 radical (unpaired) electrons. The zero-order valence-corrected chi connectivity index (χ0v) is 14.0. The van der Waals surface area contributed by atoms with Crippen LogP contribution in [0.5, 0.6) is 0 Å². The number of thiazole rings is 1. The molecule has 6 nitrogen and oxygen atoms in total. The fraction of sp³-hybridized carbons (Fsp3) is 0.800. The molecule has 0 bridgehead atoms. The van der Waals surface area contributed by atoms with Gasteiger partial charge < -0.3 is 14.2 Å². The summed E-state index contributed by atoms with van der Waals surface area (Å²) in [5.74, 6) is 0. The van der Waals surface area contributed by atoms with Crippen LogP contribution in [0, 0.1) is 0 Å². The van der Waals surface area contributed by atoms with Crippen LogP contribution in [0.2, 0.25) is 0 Å². The normalized spacial score (nSPS) is 28.0. The Morgan fingerprint density at radius 3 is 3.00 bits per heavy atom. The first-order valence-corrected chi connectivity index (χ1v) is 8.71. The Labute approximate surface area is 136 Å². The van der Waals surface area contributed by atoms with E-state index in [-0.39, 0.29) is 5.60 Å². The summed E-state index contributed by atoms with van der Waals surface area (Å²) in [4.78, 5) is 9.22. The SMILES string of the molecule is COCCN1CCOCC2(C1)CN(Cc1nccs1)CCO2. The highest BCUT2D eigenvalue weighted by molar-refractivity contribution is 7.09. The lowest BCUT2D eigenvalue weighted by Gasteiger charge is -2.43. The molecule has 0 saturated carbocycles. The summed E-state index contributed by atoms with van der Waals surface area (Å²) in [5.41, 5.74) is -0.222. The van der Waals surface area contributed by atoms with Crippen LogP contribution < -0.4 is 0 Å². The standard InChI is InChI=1S/C15H25N3O3S/c1-19-6-3-17-4-7-20-13-15(11-17)12-18(5-8-21-15)10-14-16-2-9-22-14/h2,9H,3-8,10-13H2,1H3. The van der Waals surface area contributed by atoms with Crippen molar-refractivity contribution in [2.45, 2.75) is 12.1 Å². The van der Waals surface area contributed by atoms with Crippen molar-refractivity contribution in [3.8, 4) is 0 Å². The Kier molecular flexibility index (Phi) is 5.78. The molecule has 2 saturated heterocycles. The highest BCUT2D eigenvalue weighted by Crippen LogP contribution is 2.24. The average Bonchev–Trinajstić information content (AvgIpc) is 2.94. The maximum Gasteiger partial charge on any atom is 0.117 e. The number of rotatable bonds is 5. The second kappa shape index (κ2) is 7.81. The molecular weight excluding hydrogens is 302 g/mol. The van der Waals surface area contributed by atoms with Crippen molar-refractivity contribution in [2.75, 3.05) is 66.3 Å².